The number of hydrogen-bond donors (Lipinski definition) is 0. The lowest BCUT2D eigenvalue weighted by Crippen LogP contribution is -2.00. The highest BCUT2D eigenvalue weighted by Gasteiger charge is 2.16. The summed E-state index contributed by atoms with van der Waals surface area (Å²) in [6.07, 6.45) is 0. The van der Waals surface area contributed by atoms with Crippen molar-refractivity contribution >= 4 is 5.97 Å². The third-order valence-electron chi connectivity index (χ3n) is 2.59. The predicted octanol–water partition coefficient (Wildman–Crippen LogP) is 2.89. The average molecular weight is 200 g/mol. The zero-order chi connectivity index (χ0) is 10.8. The van der Waals surface area contributed by atoms with E-state index in [9.17, 15) is 4.79 Å². The second-order valence-corrected chi connectivity index (χ2v) is 3.45. The average Bonchev–Trinajstić information content (AvgIpc) is 2.44. The van der Waals surface area contributed by atoms with Crippen molar-refractivity contribution in [3.05, 3.63) is 47.5 Å². The van der Waals surface area contributed by atoms with Crippen LogP contribution < -0.4 is 0 Å². The molecule has 0 heterocycles. The Morgan fingerprint density at radius 2 is 1.93 bits per heavy atom. The molecule has 0 aromatic rings. The number of esters is 1. The second-order valence-electron chi connectivity index (χ2n) is 3.45. The minimum absolute atomic E-state index is 0.272. The molecule has 2 aliphatic carbocycles. The lowest BCUT2D eigenvalue weighted by Gasteiger charge is -1.97. The molecule has 0 bridgehead atoms. The van der Waals surface area contributed by atoms with Gasteiger partial charge in [0.25, 0.3) is 0 Å². The van der Waals surface area contributed by atoms with Crippen LogP contribution in [0.1, 0.15) is 15.9 Å². The normalized spacial score (nSPS) is 10.3. The van der Waals surface area contributed by atoms with Gasteiger partial charge in [0, 0.05) is 0 Å². The van der Waals surface area contributed by atoms with Crippen molar-refractivity contribution in [3.63, 3.8) is 0 Å². The zero-order valence-electron chi connectivity index (χ0n) is 8.78. The maximum Gasteiger partial charge on any atom is 0.338 e. The molecule has 0 aromatic heterocycles. The highest BCUT2D eigenvalue weighted by Crippen LogP contribution is 2.30. The molecular weight excluding hydrogens is 188 g/mol. The fraction of sp³-hybridized carbons (Fsp3) is 0.154. The van der Waals surface area contributed by atoms with Crippen molar-refractivity contribution in [2.45, 2.75) is 6.92 Å². The Balaban J connectivity index is 2.65. The van der Waals surface area contributed by atoms with Crippen LogP contribution in [0.15, 0.2) is 36.4 Å². The van der Waals surface area contributed by atoms with Gasteiger partial charge in [0.2, 0.25) is 0 Å². The van der Waals surface area contributed by atoms with E-state index in [0.717, 1.165) is 16.7 Å². The monoisotopic (exact) mass is 200 g/mol. The smallest absolute Gasteiger partial charge is 0.338 e. The Bertz CT molecular complexity index is 474. The lowest BCUT2D eigenvalue weighted by molar-refractivity contribution is 0.0600. The van der Waals surface area contributed by atoms with Crippen LogP contribution in [0.3, 0.4) is 0 Å². The third kappa shape index (κ3) is 1.59. The molecule has 0 atom stereocenters. The number of methoxy groups -OCH3 is 1. The Morgan fingerprint density at radius 1 is 1.20 bits per heavy atom. The fourth-order valence-electron chi connectivity index (χ4n) is 1.76. The van der Waals surface area contributed by atoms with Crippen LogP contribution in [-0.4, -0.2) is 13.1 Å². The molecule has 76 valence electrons. The van der Waals surface area contributed by atoms with Crippen molar-refractivity contribution in [2.24, 2.45) is 0 Å². The molecule has 0 saturated heterocycles. The van der Waals surface area contributed by atoms with E-state index in [0.29, 0.717) is 5.56 Å². The van der Waals surface area contributed by atoms with Gasteiger partial charge >= 0.3 is 5.97 Å². The van der Waals surface area contributed by atoms with Crippen LogP contribution in [0.25, 0.3) is 11.1 Å². The summed E-state index contributed by atoms with van der Waals surface area (Å²) in [7, 11) is 1.40. The molecule has 2 heteroatoms. The lowest BCUT2D eigenvalue weighted by atomic mass is 10.1. The van der Waals surface area contributed by atoms with Gasteiger partial charge in [-0.2, -0.15) is 0 Å². The summed E-state index contributed by atoms with van der Waals surface area (Å²) in [6, 6.07) is 11.8. The Morgan fingerprint density at radius 3 is 2.67 bits per heavy atom. The molecule has 0 spiro atoms. The van der Waals surface area contributed by atoms with E-state index in [1.54, 1.807) is 0 Å². The molecule has 0 saturated carbocycles. The molecule has 2 nitrogen and oxygen atoms in total. The van der Waals surface area contributed by atoms with Gasteiger partial charge in [0.05, 0.1) is 12.7 Å². The SMILES string of the molecule is COC(=O)c1cc2cccccc-2c1C. The van der Waals surface area contributed by atoms with Gasteiger partial charge in [-0.1, -0.05) is 30.3 Å². The number of ether oxygens (including phenoxy) is 1. The van der Waals surface area contributed by atoms with Gasteiger partial charge in [0.1, 0.15) is 0 Å². The van der Waals surface area contributed by atoms with Crippen molar-refractivity contribution < 1.29 is 9.53 Å². The van der Waals surface area contributed by atoms with Crippen molar-refractivity contribution in [2.75, 3.05) is 7.11 Å². The Kier molecular flexibility index (Phi) is 2.42. The van der Waals surface area contributed by atoms with E-state index in [1.165, 1.54) is 7.11 Å². The Labute approximate surface area is 88.8 Å². The largest absolute Gasteiger partial charge is 0.465 e. The van der Waals surface area contributed by atoms with E-state index < -0.39 is 0 Å². The van der Waals surface area contributed by atoms with Crippen LogP contribution >= 0.6 is 0 Å². The minimum atomic E-state index is -0.272. The maximum absolute atomic E-state index is 11.5. The summed E-state index contributed by atoms with van der Waals surface area (Å²) in [5.41, 5.74) is 3.80. The van der Waals surface area contributed by atoms with Gasteiger partial charge in [-0.25, -0.2) is 4.79 Å². The van der Waals surface area contributed by atoms with Gasteiger partial charge in [0.15, 0.2) is 0 Å². The molecule has 0 unspecified atom stereocenters. The van der Waals surface area contributed by atoms with E-state index in [4.69, 9.17) is 4.74 Å². The number of hydrogen-bond acceptors (Lipinski definition) is 2. The van der Waals surface area contributed by atoms with E-state index in [-0.39, 0.29) is 5.97 Å². The summed E-state index contributed by atoms with van der Waals surface area (Å²) in [5.74, 6) is -0.272. The van der Waals surface area contributed by atoms with Crippen LogP contribution in [0.4, 0.5) is 0 Å². The highest BCUT2D eigenvalue weighted by molar-refractivity contribution is 5.96. The number of carbonyl (C=O) groups excluding carboxylic acids is 1. The summed E-state index contributed by atoms with van der Waals surface area (Å²) in [6.45, 7) is 1.94. The molecule has 0 aliphatic heterocycles. The van der Waals surface area contributed by atoms with E-state index >= 15 is 0 Å². The van der Waals surface area contributed by atoms with Gasteiger partial charge in [-0.05, 0) is 29.7 Å². The van der Waals surface area contributed by atoms with Crippen molar-refractivity contribution in [1.29, 1.82) is 0 Å². The second kappa shape index (κ2) is 3.73. The first-order valence-electron chi connectivity index (χ1n) is 4.80. The first-order chi connectivity index (χ1) is 7.24. The molecule has 2 aliphatic rings. The van der Waals surface area contributed by atoms with Gasteiger partial charge in [-0.3, -0.25) is 0 Å². The van der Waals surface area contributed by atoms with Crippen LogP contribution in [0, 0.1) is 6.92 Å². The van der Waals surface area contributed by atoms with E-state index in [1.807, 2.05) is 43.3 Å². The van der Waals surface area contributed by atoms with Crippen LogP contribution in [-0.2, 0) is 4.74 Å². The van der Waals surface area contributed by atoms with Crippen molar-refractivity contribution in [1.82, 2.24) is 0 Å². The quantitative estimate of drug-likeness (QED) is 0.661. The first kappa shape index (κ1) is 9.71. The summed E-state index contributed by atoms with van der Waals surface area (Å²) in [4.78, 5) is 11.5. The number of rotatable bonds is 1. The highest BCUT2D eigenvalue weighted by atomic mass is 16.5. The summed E-state index contributed by atoms with van der Waals surface area (Å²) in [5, 5.41) is 0. The maximum atomic E-state index is 11.5. The fourth-order valence-corrected chi connectivity index (χ4v) is 1.76. The molecule has 0 amide bonds. The van der Waals surface area contributed by atoms with E-state index in [2.05, 4.69) is 0 Å². The van der Waals surface area contributed by atoms with Crippen molar-refractivity contribution in [3.8, 4) is 11.1 Å². The van der Waals surface area contributed by atoms with Gasteiger partial charge in [-0.15, -0.1) is 0 Å². The van der Waals surface area contributed by atoms with Crippen LogP contribution in [0.2, 0.25) is 0 Å². The molecule has 0 N–H and O–H groups in total. The molecule has 0 aromatic carbocycles. The minimum Gasteiger partial charge on any atom is -0.465 e. The first-order valence-corrected chi connectivity index (χ1v) is 4.80. The molecule has 0 radical (unpaired) electrons. The van der Waals surface area contributed by atoms with Gasteiger partial charge < -0.3 is 4.74 Å². The molecule has 0 fully saturated rings. The molecule has 15 heavy (non-hydrogen) atoms. The number of carbonyl (C=O) groups is 1. The molecular formula is C13H12O2. The topological polar surface area (TPSA) is 26.3 Å². The summed E-state index contributed by atoms with van der Waals surface area (Å²) >= 11 is 0. The predicted molar refractivity (Wildman–Crippen MR) is 59.1 cm³/mol. The third-order valence-corrected chi connectivity index (χ3v) is 2.59. The molecule has 2 rings (SSSR count). The summed E-state index contributed by atoms with van der Waals surface area (Å²) < 4.78 is 4.73. The standard InChI is InChI=1S/C13H12O2/c1-9-11-7-5-3-4-6-10(11)8-12(9)13(14)15-2/h3-8H,1-2H3. The Hall–Kier alpha value is -1.83. The zero-order valence-corrected chi connectivity index (χ0v) is 8.78. The van der Waals surface area contributed by atoms with Crippen LogP contribution in [0.5, 0.6) is 0 Å². The number of fused-ring (bicyclic) bond motifs is 1.